The smallest absolute Gasteiger partial charge is 0.345 e. The van der Waals surface area contributed by atoms with E-state index in [1.807, 2.05) is 24.3 Å². The summed E-state index contributed by atoms with van der Waals surface area (Å²) < 4.78 is 19.4. The predicted octanol–water partition coefficient (Wildman–Crippen LogP) is 7.51. The van der Waals surface area contributed by atoms with E-state index in [1.54, 1.807) is 62.1 Å². The van der Waals surface area contributed by atoms with Crippen LogP contribution in [0.1, 0.15) is 74.5 Å². The van der Waals surface area contributed by atoms with Gasteiger partial charge in [-0.1, -0.05) is 76.9 Å². The molecular formula is C34H38FNO5S. The fraction of sp³-hybridized carbons (Fsp3) is 0.382. The molecule has 0 bridgehead atoms. The van der Waals surface area contributed by atoms with E-state index in [1.165, 1.54) is 35.9 Å². The number of aryl methyl sites for hydroxylation is 1. The second-order valence-electron chi connectivity index (χ2n) is 11.7. The van der Waals surface area contributed by atoms with E-state index in [4.69, 9.17) is 4.74 Å². The van der Waals surface area contributed by atoms with Crippen LogP contribution in [0.4, 0.5) is 10.1 Å². The lowest BCUT2D eigenvalue weighted by atomic mass is 9.89. The molecule has 1 heterocycles. The molecule has 0 radical (unpaired) electrons. The van der Waals surface area contributed by atoms with Crippen molar-refractivity contribution >= 4 is 35.1 Å². The van der Waals surface area contributed by atoms with Crippen molar-refractivity contribution in [1.82, 2.24) is 0 Å². The van der Waals surface area contributed by atoms with Gasteiger partial charge in [-0.2, -0.15) is 0 Å². The van der Waals surface area contributed by atoms with E-state index in [9.17, 15) is 23.9 Å². The molecule has 0 aromatic heterocycles. The number of anilines is 1. The third-order valence-corrected chi connectivity index (χ3v) is 8.62. The van der Waals surface area contributed by atoms with Crippen LogP contribution in [-0.2, 0) is 16.0 Å². The van der Waals surface area contributed by atoms with E-state index in [0.29, 0.717) is 17.0 Å². The molecule has 1 aliphatic rings. The third-order valence-electron chi connectivity index (χ3n) is 7.38. The number of amides is 1. The van der Waals surface area contributed by atoms with E-state index in [-0.39, 0.29) is 17.4 Å². The van der Waals surface area contributed by atoms with E-state index in [0.717, 1.165) is 24.8 Å². The SMILES string of the molecule is CCCCCc1ccc(C(=O)CS[C@H]2C(=O)N(c3ccc(F)cc3)[C@@H]2c2ccc(OC(C(=O)O)C(C)(C)C)cc2)cc1. The summed E-state index contributed by atoms with van der Waals surface area (Å²) in [6, 6.07) is 20.1. The summed E-state index contributed by atoms with van der Waals surface area (Å²) >= 11 is 1.30. The summed E-state index contributed by atoms with van der Waals surface area (Å²) in [5.41, 5.74) is 2.58. The number of thioether (sulfide) groups is 1. The van der Waals surface area contributed by atoms with Crippen molar-refractivity contribution in [3.63, 3.8) is 0 Å². The number of nitrogens with zero attached hydrogens (tertiary/aromatic N) is 1. The number of Topliss-reactive ketones (excluding diaryl/α,β-unsaturated/α-hetero) is 1. The second-order valence-corrected chi connectivity index (χ2v) is 12.8. The first kappa shape index (κ1) is 31.3. The Hall–Kier alpha value is -3.65. The fourth-order valence-corrected chi connectivity index (χ4v) is 6.22. The summed E-state index contributed by atoms with van der Waals surface area (Å²) in [6.07, 6.45) is 3.42. The number of hydrogen-bond acceptors (Lipinski definition) is 5. The van der Waals surface area contributed by atoms with Crippen LogP contribution >= 0.6 is 11.8 Å². The number of unbranched alkanes of at least 4 members (excludes halogenated alkanes) is 2. The molecule has 1 unspecified atom stereocenters. The highest BCUT2D eigenvalue weighted by molar-refractivity contribution is 8.01. The van der Waals surface area contributed by atoms with Gasteiger partial charge in [0.15, 0.2) is 11.9 Å². The zero-order valence-electron chi connectivity index (χ0n) is 24.5. The van der Waals surface area contributed by atoms with Crippen molar-refractivity contribution in [3.8, 4) is 5.75 Å². The Bertz CT molecular complexity index is 1380. The number of aliphatic carboxylic acids is 1. The number of carboxylic acid groups (broad SMARTS) is 1. The van der Waals surface area contributed by atoms with E-state index in [2.05, 4.69) is 6.92 Å². The Balaban J connectivity index is 1.50. The van der Waals surface area contributed by atoms with Crippen LogP contribution in [0.15, 0.2) is 72.8 Å². The first-order valence-corrected chi connectivity index (χ1v) is 15.4. The summed E-state index contributed by atoms with van der Waals surface area (Å²) in [4.78, 5) is 39.8. The van der Waals surface area contributed by atoms with E-state index >= 15 is 0 Å². The topological polar surface area (TPSA) is 83.9 Å². The minimum atomic E-state index is -1.05. The number of carbonyl (C=O) groups is 3. The van der Waals surface area contributed by atoms with Crippen LogP contribution in [0, 0.1) is 11.2 Å². The molecule has 3 aromatic rings. The van der Waals surface area contributed by atoms with Crippen molar-refractivity contribution in [2.45, 2.75) is 70.8 Å². The van der Waals surface area contributed by atoms with Gasteiger partial charge in [-0.15, -0.1) is 11.8 Å². The van der Waals surface area contributed by atoms with Gasteiger partial charge in [0.2, 0.25) is 5.91 Å². The number of halogens is 1. The first-order chi connectivity index (χ1) is 20.0. The standard InChI is InChI=1S/C34H38FNO5S/c1-5-6-7-8-22-9-11-23(12-10-22)28(37)21-42-30-29(36(32(30)38)26-17-15-25(35)16-18-26)24-13-19-27(20-14-24)41-31(33(39)40)34(2,3)4/h9-20,29-31H,5-8,21H2,1-4H3,(H,39,40)/t29-,30-,31?/m1/s1. The lowest BCUT2D eigenvalue weighted by Crippen LogP contribution is -2.57. The maximum Gasteiger partial charge on any atom is 0.345 e. The van der Waals surface area contributed by atoms with Crippen LogP contribution < -0.4 is 9.64 Å². The number of benzene rings is 3. The molecule has 6 nitrogen and oxygen atoms in total. The minimum Gasteiger partial charge on any atom is -0.478 e. The molecule has 42 heavy (non-hydrogen) atoms. The third kappa shape index (κ3) is 7.40. The normalized spacial score (nSPS) is 17.5. The Morgan fingerprint density at radius 2 is 1.62 bits per heavy atom. The summed E-state index contributed by atoms with van der Waals surface area (Å²) in [5, 5.41) is 9.11. The summed E-state index contributed by atoms with van der Waals surface area (Å²) in [5.74, 6) is -1.10. The van der Waals surface area contributed by atoms with Gasteiger partial charge >= 0.3 is 5.97 Å². The van der Waals surface area contributed by atoms with Gasteiger partial charge in [-0.05, 0) is 60.4 Å². The van der Waals surface area contributed by atoms with Crippen LogP contribution in [0.3, 0.4) is 0 Å². The quantitative estimate of drug-likeness (QED) is 0.126. The van der Waals surface area contributed by atoms with Crippen LogP contribution in [-0.4, -0.2) is 39.9 Å². The molecule has 1 fully saturated rings. The Labute approximate surface area is 251 Å². The monoisotopic (exact) mass is 591 g/mol. The number of ketones is 1. The average Bonchev–Trinajstić information content (AvgIpc) is 2.95. The molecule has 1 amide bonds. The fourth-order valence-electron chi connectivity index (χ4n) is 5.00. The predicted molar refractivity (Wildman–Crippen MR) is 165 cm³/mol. The average molecular weight is 592 g/mol. The lowest BCUT2D eigenvalue weighted by molar-refractivity contribution is -0.150. The van der Waals surface area contributed by atoms with Gasteiger partial charge in [-0.25, -0.2) is 9.18 Å². The Morgan fingerprint density at radius 1 is 0.976 bits per heavy atom. The maximum atomic E-state index is 13.6. The van der Waals surface area contributed by atoms with Gasteiger partial charge in [0.25, 0.3) is 0 Å². The number of ether oxygens (including phenoxy) is 1. The molecule has 0 spiro atoms. The van der Waals surface area contributed by atoms with Gasteiger partial charge in [0.05, 0.1) is 11.8 Å². The van der Waals surface area contributed by atoms with Crippen molar-refractivity contribution in [2.24, 2.45) is 5.41 Å². The highest BCUT2D eigenvalue weighted by atomic mass is 32.2. The van der Waals surface area contributed by atoms with Gasteiger partial charge in [-0.3, -0.25) is 9.59 Å². The number of β-lactam (4-membered cyclic amide) rings is 1. The molecule has 0 aliphatic carbocycles. The summed E-state index contributed by atoms with van der Waals surface area (Å²) in [6.45, 7) is 7.56. The molecule has 1 N–H and O–H groups in total. The molecule has 222 valence electrons. The number of carbonyl (C=O) groups excluding carboxylic acids is 2. The van der Waals surface area contributed by atoms with Gasteiger partial charge < -0.3 is 14.7 Å². The molecule has 3 aromatic carbocycles. The molecule has 1 saturated heterocycles. The second kappa shape index (κ2) is 13.6. The highest BCUT2D eigenvalue weighted by Crippen LogP contribution is 2.45. The van der Waals surface area contributed by atoms with Crippen molar-refractivity contribution in [3.05, 3.63) is 95.3 Å². The minimum absolute atomic E-state index is 0.0440. The van der Waals surface area contributed by atoms with E-state index < -0.39 is 34.6 Å². The first-order valence-electron chi connectivity index (χ1n) is 14.3. The highest BCUT2D eigenvalue weighted by Gasteiger charge is 2.49. The van der Waals surface area contributed by atoms with Crippen molar-refractivity contribution in [1.29, 1.82) is 0 Å². The van der Waals surface area contributed by atoms with Crippen molar-refractivity contribution < 1.29 is 28.6 Å². The van der Waals surface area contributed by atoms with Crippen LogP contribution in [0.5, 0.6) is 5.75 Å². The Morgan fingerprint density at radius 3 is 2.19 bits per heavy atom. The molecular weight excluding hydrogens is 553 g/mol. The molecule has 3 atom stereocenters. The number of hydrogen-bond donors (Lipinski definition) is 1. The lowest BCUT2D eigenvalue weighted by Gasteiger charge is -2.47. The van der Waals surface area contributed by atoms with Crippen LogP contribution in [0.2, 0.25) is 0 Å². The van der Waals surface area contributed by atoms with Gasteiger partial charge in [0, 0.05) is 16.7 Å². The number of carboxylic acids is 1. The zero-order chi connectivity index (χ0) is 30.4. The molecule has 4 rings (SSSR count). The number of rotatable bonds is 13. The van der Waals surface area contributed by atoms with Gasteiger partial charge in [0.1, 0.15) is 16.8 Å². The maximum absolute atomic E-state index is 13.6. The Kier molecular flexibility index (Phi) is 10.1. The largest absolute Gasteiger partial charge is 0.478 e. The molecule has 1 aliphatic heterocycles. The van der Waals surface area contributed by atoms with Crippen molar-refractivity contribution in [2.75, 3.05) is 10.7 Å². The molecule has 0 saturated carbocycles. The zero-order valence-corrected chi connectivity index (χ0v) is 25.3. The molecule has 8 heteroatoms. The summed E-state index contributed by atoms with van der Waals surface area (Å²) in [7, 11) is 0. The van der Waals surface area contributed by atoms with Crippen LogP contribution in [0.25, 0.3) is 0 Å².